The van der Waals surface area contributed by atoms with Crippen molar-refractivity contribution in [2.45, 2.75) is 31.5 Å². The molecule has 1 aromatic heterocycles. The van der Waals surface area contributed by atoms with Gasteiger partial charge in [-0.15, -0.1) is 0 Å². The average molecular weight is 721 g/mol. The van der Waals surface area contributed by atoms with E-state index in [1.54, 1.807) is 0 Å². The Morgan fingerprint density at radius 1 is 0.500 bits per heavy atom. The summed E-state index contributed by atoms with van der Waals surface area (Å²) in [7, 11) is 0. The van der Waals surface area contributed by atoms with E-state index in [1.807, 2.05) is 12.1 Å². The van der Waals surface area contributed by atoms with Gasteiger partial charge in [0.05, 0.1) is 6.04 Å². The summed E-state index contributed by atoms with van der Waals surface area (Å²) in [5.74, 6) is 0. The number of para-hydroxylation sites is 1. The fraction of sp³-hybridized carbons (Fsp3) is 0.0943. The Morgan fingerprint density at radius 3 is 2.09 bits per heavy atom. The van der Waals surface area contributed by atoms with Crippen molar-refractivity contribution in [1.29, 1.82) is 0 Å². The van der Waals surface area contributed by atoms with Crippen molar-refractivity contribution >= 4 is 38.4 Å². The molecule has 2 unspecified atom stereocenters. The summed E-state index contributed by atoms with van der Waals surface area (Å²) in [6, 6.07) is 63.8. The van der Waals surface area contributed by atoms with Crippen LogP contribution in [0, 0.1) is 0 Å². The van der Waals surface area contributed by atoms with Crippen molar-refractivity contribution in [3.8, 4) is 33.4 Å². The van der Waals surface area contributed by atoms with E-state index in [1.165, 1.54) is 60.8 Å². The molecule has 0 fully saturated rings. The Labute approximate surface area is 327 Å². The molecule has 9 aromatic rings. The number of furan rings is 1. The molecular weight excluding hydrogens is 681 g/mol. The predicted molar refractivity (Wildman–Crippen MR) is 232 cm³/mol. The Balaban J connectivity index is 1.03. The molecule has 0 spiro atoms. The molecule has 2 aliphatic rings. The van der Waals surface area contributed by atoms with E-state index in [4.69, 9.17) is 4.42 Å². The summed E-state index contributed by atoms with van der Waals surface area (Å²) < 4.78 is 6.34. The van der Waals surface area contributed by atoms with Gasteiger partial charge in [-0.3, -0.25) is 5.32 Å². The molecule has 0 radical (unpaired) electrons. The first-order valence-corrected chi connectivity index (χ1v) is 19.6. The van der Waals surface area contributed by atoms with Crippen LogP contribution in [0.5, 0.6) is 0 Å². The number of hydrogen-bond acceptors (Lipinski definition) is 3. The first-order valence-electron chi connectivity index (χ1n) is 19.6. The van der Waals surface area contributed by atoms with Crippen LogP contribution < -0.4 is 10.6 Å². The van der Waals surface area contributed by atoms with Crippen molar-refractivity contribution in [1.82, 2.24) is 10.6 Å². The molecule has 3 nitrogen and oxygen atoms in total. The standard InChI is InChI=1S/C53H40N2O/c1-53(2)45-24-13-23-40(51(45)44-29-34-16-6-7-17-35(34)30-46(44)53)36-18-12-19-38(28-36)47-32-48(55-52(54-47)33-14-4-3-5-15-33)41-21-9-8-20-39(41)37-26-27-43-42-22-10-11-25-49(42)56-50(43)31-37/h3-32,48,52,54-55H,1-2H3. The summed E-state index contributed by atoms with van der Waals surface area (Å²) in [4.78, 5) is 0. The zero-order valence-corrected chi connectivity index (χ0v) is 31.4. The summed E-state index contributed by atoms with van der Waals surface area (Å²) >= 11 is 0. The molecule has 3 heteroatoms. The van der Waals surface area contributed by atoms with Crippen molar-refractivity contribution in [3.63, 3.8) is 0 Å². The molecule has 8 aromatic carbocycles. The third-order valence-electron chi connectivity index (χ3n) is 12.1. The quantitative estimate of drug-likeness (QED) is 0.186. The Morgan fingerprint density at radius 2 is 1.20 bits per heavy atom. The van der Waals surface area contributed by atoms with Gasteiger partial charge in [-0.25, -0.2) is 0 Å². The highest BCUT2D eigenvalue weighted by Crippen LogP contribution is 2.53. The van der Waals surface area contributed by atoms with Crippen LogP contribution in [-0.4, -0.2) is 0 Å². The molecule has 0 saturated heterocycles. The minimum Gasteiger partial charge on any atom is -0.456 e. The van der Waals surface area contributed by atoms with Gasteiger partial charge >= 0.3 is 0 Å². The van der Waals surface area contributed by atoms with E-state index in [0.29, 0.717) is 0 Å². The van der Waals surface area contributed by atoms with E-state index in [0.717, 1.165) is 38.8 Å². The van der Waals surface area contributed by atoms with Gasteiger partial charge in [0, 0.05) is 21.9 Å². The second kappa shape index (κ2) is 12.7. The highest BCUT2D eigenvalue weighted by Gasteiger charge is 2.37. The van der Waals surface area contributed by atoms with Gasteiger partial charge in [-0.05, 0) is 114 Å². The third kappa shape index (κ3) is 5.23. The van der Waals surface area contributed by atoms with Crippen LogP contribution in [-0.2, 0) is 5.41 Å². The Kier molecular flexibility index (Phi) is 7.42. The number of nitrogens with one attached hydrogen (secondary N) is 2. The molecule has 1 aliphatic carbocycles. The van der Waals surface area contributed by atoms with Crippen LogP contribution in [0.15, 0.2) is 186 Å². The van der Waals surface area contributed by atoms with Crippen molar-refractivity contribution < 1.29 is 4.42 Å². The lowest BCUT2D eigenvalue weighted by Crippen LogP contribution is -2.39. The molecule has 1 aliphatic heterocycles. The molecule has 0 saturated carbocycles. The zero-order valence-electron chi connectivity index (χ0n) is 31.4. The SMILES string of the molecule is CC1(C)c2cc3ccccc3cc2-c2c(-c3cccc(C4=CC(c5ccccc5-c5ccc6c(c5)oc5ccccc56)NC(c5ccccc5)N4)c3)cccc21. The summed E-state index contributed by atoms with van der Waals surface area (Å²) in [5.41, 5.74) is 16.6. The highest BCUT2D eigenvalue weighted by atomic mass is 16.3. The minimum atomic E-state index is -0.0994. The van der Waals surface area contributed by atoms with Crippen LogP contribution in [0.3, 0.4) is 0 Å². The van der Waals surface area contributed by atoms with Gasteiger partial charge in [0.1, 0.15) is 17.3 Å². The molecule has 0 amide bonds. The monoisotopic (exact) mass is 720 g/mol. The maximum absolute atomic E-state index is 6.34. The minimum absolute atomic E-state index is 0.0652. The lowest BCUT2D eigenvalue weighted by atomic mass is 9.81. The Hall–Kier alpha value is -6.68. The topological polar surface area (TPSA) is 37.2 Å². The fourth-order valence-corrected chi connectivity index (χ4v) is 9.32. The van der Waals surface area contributed by atoms with Crippen molar-refractivity contribution in [2.24, 2.45) is 0 Å². The second-order valence-electron chi connectivity index (χ2n) is 15.8. The van der Waals surface area contributed by atoms with Crippen LogP contribution in [0.25, 0.3) is 71.8 Å². The van der Waals surface area contributed by atoms with E-state index >= 15 is 0 Å². The lowest BCUT2D eigenvalue weighted by molar-refractivity contribution is 0.443. The number of fused-ring (bicyclic) bond motifs is 7. The average Bonchev–Trinajstić information content (AvgIpc) is 3.74. The molecule has 2 N–H and O–H groups in total. The van der Waals surface area contributed by atoms with Gasteiger partial charge in [0.2, 0.25) is 0 Å². The maximum atomic E-state index is 6.34. The molecule has 2 atom stereocenters. The molecule has 0 bridgehead atoms. The largest absolute Gasteiger partial charge is 0.456 e. The van der Waals surface area contributed by atoms with Gasteiger partial charge in [0.25, 0.3) is 0 Å². The second-order valence-corrected chi connectivity index (χ2v) is 15.8. The lowest BCUT2D eigenvalue weighted by Gasteiger charge is -2.34. The summed E-state index contributed by atoms with van der Waals surface area (Å²) in [5, 5.41) is 12.7. The smallest absolute Gasteiger partial charge is 0.136 e. The van der Waals surface area contributed by atoms with Crippen LogP contribution >= 0.6 is 0 Å². The number of benzene rings is 8. The Bertz CT molecular complexity index is 3020. The van der Waals surface area contributed by atoms with Gasteiger partial charge in [-0.1, -0.05) is 153 Å². The van der Waals surface area contributed by atoms with E-state index in [2.05, 4.69) is 194 Å². The molecular formula is C53H40N2O. The third-order valence-corrected chi connectivity index (χ3v) is 12.1. The van der Waals surface area contributed by atoms with E-state index in [9.17, 15) is 0 Å². The maximum Gasteiger partial charge on any atom is 0.136 e. The van der Waals surface area contributed by atoms with E-state index in [-0.39, 0.29) is 17.6 Å². The fourth-order valence-electron chi connectivity index (χ4n) is 9.32. The molecule has 2 heterocycles. The van der Waals surface area contributed by atoms with Crippen molar-refractivity contribution in [3.05, 3.63) is 210 Å². The molecule has 268 valence electrons. The first-order chi connectivity index (χ1) is 27.5. The molecule has 56 heavy (non-hydrogen) atoms. The summed E-state index contributed by atoms with van der Waals surface area (Å²) in [6.07, 6.45) is 2.26. The van der Waals surface area contributed by atoms with Gasteiger partial charge < -0.3 is 9.73 Å². The summed E-state index contributed by atoms with van der Waals surface area (Å²) in [6.45, 7) is 4.74. The van der Waals surface area contributed by atoms with Crippen LogP contribution in [0.4, 0.5) is 0 Å². The zero-order chi connectivity index (χ0) is 37.4. The number of hydrogen-bond donors (Lipinski definition) is 2. The predicted octanol–water partition coefficient (Wildman–Crippen LogP) is 13.4. The van der Waals surface area contributed by atoms with Crippen LogP contribution in [0.1, 0.15) is 53.9 Å². The van der Waals surface area contributed by atoms with Gasteiger partial charge in [-0.2, -0.15) is 0 Å². The number of rotatable bonds is 5. The first kappa shape index (κ1) is 32.7. The molecule has 11 rings (SSSR count). The van der Waals surface area contributed by atoms with Gasteiger partial charge in [0.15, 0.2) is 0 Å². The normalized spacial score (nSPS) is 17.1. The highest BCUT2D eigenvalue weighted by molar-refractivity contribution is 6.06. The van der Waals surface area contributed by atoms with Crippen molar-refractivity contribution in [2.75, 3.05) is 0 Å². The van der Waals surface area contributed by atoms with E-state index < -0.39 is 0 Å². The van der Waals surface area contributed by atoms with Crippen LogP contribution in [0.2, 0.25) is 0 Å².